The van der Waals surface area contributed by atoms with E-state index in [1.807, 2.05) is 60.3 Å². The molecule has 7 heteroatoms. The van der Waals surface area contributed by atoms with Crippen LogP contribution in [0.2, 0.25) is 0 Å². The Labute approximate surface area is 185 Å². The number of aryl methyl sites for hydroxylation is 1. The highest BCUT2D eigenvalue weighted by atomic mass is 32.2. The van der Waals surface area contributed by atoms with Crippen molar-refractivity contribution in [1.29, 1.82) is 5.26 Å². The van der Waals surface area contributed by atoms with Crippen LogP contribution in [0.3, 0.4) is 0 Å². The molecule has 154 valence electrons. The SMILES string of the molecule is Cn1ccc2cc(S(=O)(=O)N3CCSc4ccc(-c5ccc(C#N)cc5)cc43)ccc21. The Morgan fingerprint density at radius 3 is 2.52 bits per heavy atom. The van der Waals surface area contributed by atoms with Gasteiger partial charge >= 0.3 is 0 Å². The molecule has 0 bridgehead atoms. The fourth-order valence-electron chi connectivity index (χ4n) is 3.91. The van der Waals surface area contributed by atoms with Gasteiger partial charge in [0.15, 0.2) is 0 Å². The van der Waals surface area contributed by atoms with E-state index in [0.717, 1.165) is 26.9 Å². The second kappa shape index (κ2) is 7.49. The minimum absolute atomic E-state index is 0.299. The van der Waals surface area contributed by atoms with Gasteiger partial charge in [-0.1, -0.05) is 18.2 Å². The van der Waals surface area contributed by atoms with Crippen LogP contribution in [0.5, 0.6) is 0 Å². The highest BCUT2D eigenvalue weighted by Crippen LogP contribution is 2.40. The smallest absolute Gasteiger partial charge is 0.264 e. The molecule has 0 saturated heterocycles. The van der Waals surface area contributed by atoms with Gasteiger partial charge in [0.05, 0.1) is 22.2 Å². The molecule has 2 heterocycles. The monoisotopic (exact) mass is 445 g/mol. The molecule has 3 aromatic carbocycles. The quantitative estimate of drug-likeness (QED) is 0.444. The van der Waals surface area contributed by atoms with Crippen molar-refractivity contribution < 1.29 is 8.42 Å². The van der Waals surface area contributed by atoms with Crippen molar-refractivity contribution in [3.63, 3.8) is 0 Å². The standard InChI is InChI=1S/C24H19N3O2S2/c1-26-11-10-20-14-21(7-8-22(20)26)31(28,29)27-12-13-30-24-9-6-19(15-23(24)27)18-4-2-17(16-25)3-5-18/h2-11,14-15H,12-13H2,1H3. The van der Waals surface area contributed by atoms with E-state index in [4.69, 9.17) is 5.26 Å². The van der Waals surface area contributed by atoms with E-state index < -0.39 is 10.0 Å². The van der Waals surface area contributed by atoms with Gasteiger partial charge < -0.3 is 4.57 Å². The molecule has 31 heavy (non-hydrogen) atoms. The van der Waals surface area contributed by atoms with E-state index in [2.05, 4.69) is 6.07 Å². The summed E-state index contributed by atoms with van der Waals surface area (Å²) in [7, 11) is -1.76. The Hall–Kier alpha value is -3.21. The number of anilines is 1. The van der Waals surface area contributed by atoms with E-state index in [1.165, 1.54) is 4.31 Å². The zero-order valence-electron chi connectivity index (χ0n) is 16.8. The van der Waals surface area contributed by atoms with Crippen molar-refractivity contribution in [2.24, 2.45) is 7.05 Å². The molecule has 0 atom stereocenters. The third-order valence-electron chi connectivity index (χ3n) is 5.57. The van der Waals surface area contributed by atoms with Crippen molar-refractivity contribution in [2.75, 3.05) is 16.6 Å². The van der Waals surface area contributed by atoms with Crippen LogP contribution >= 0.6 is 11.8 Å². The van der Waals surface area contributed by atoms with Crippen molar-refractivity contribution >= 4 is 38.4 Å². The van der Waals surface area contributed by atoms with Gasteiger partial charge in [-0.25, -0.2) is 8.42 Å². The summed E-state index contributed by atoms with van der Waals surface area (Å²) < 4.78 is 30.7. The van der Waals surface area contributed by atoms with Crippen LogP contribution in [0.1, 0.15) is 5.56 Å². The number of fused-ring (bicyclic) bond motifs is 2. The molecule has 0 radical (unpaired) electrons. The maximum Gasteiger partial charge on any atom is 0.264 e. The number of rotatable bonds is 3. The lowest BCUT2D eigenvalue weighted by molar-refractivity contribution is 0.591. The first kappa shape index (κ1) is 19.7. The number of thioether (sulfide) groups is 1. The largest absolute Gasteiger partial charge is 0.351 e. The molecule has 0 saturated carbocycles. The molecule has 0 amide bonds. The molecule has 0 spiro atoms. The van der Waals surface area contributed by atoms with Gasteiger partial charge in [0.2, 0.25) is 0 Å². The Morgan fingerprint density at radius 1 is 0.968 bits per heavy atom. The van der Waals surface area contributed by atoms with Gasteiger partial charge in [-0.3, -0.25) is 4.31 Å². The number of benzene rings is 3. The van der Waals surface area contributed by atoms with Crippen molar-refractivity contribution in [2.45, 2.75) is 9.79 Å². The van der Waals surface area contributed by atoms with Crippen molar-refractivity contribution in [1.82, 2.24) is 4.57 Å². The first-order valence-electron chi connectivity index (χ1n) is 9.82. The highest BCUT2D eigenvalue weighted by molar-refractivity contribution is 8.00. The van der Waals surface area contributed by atoms with Gasteiger partial charge in [-0.15, -0.1) is 11.8 Å². The molecular formula is C24H19N3O2S2. The summed E-state index contributed by atoms with van der Waals surface area (Å²) in [5, 5.41) is 9.93. The molecule has 5 rings (SSSR count). The molecule has 0 aliphatic carbocycles. The lowest BCUT2D eigenvalue weighted by Crippen LogP contribution is -2.35. The molecular weight excluding hydrogens is 426 g/mol. The fraction of sp³-hybridized carbons (Fsp3) is 0.125. The Bertz CT molecular complexity index is 1450. The van der Waals surface area contributed by atoms with Crippen LogP contribution in [0.15, 0.2) is 82.7 Å². The summed E-state index contributed by atoms with van der Waals surface area (Å²) in [6.45, 7) is 0.420. The Balaban J connectivity index is 1.58. The van der Waals surface area contributed by atoms with Crippen LogP contribution in [-0.2, 0) is 17.1 Å². The van der Waals surface area contributed by atoms with E-state index in [-0.39, 0.29) is 0 Å². The molecule has 1 aromatic heterocycles. The summed E-state index contributed by atoms with van der Waals surface area (Å²) >= 11 is 1.67. The third kappa shape index (κ3) is 3.38. The number of hydrogen-bond acceptors (Lipinski definition) is 4. The third-order valence-corrected chi connectivity index (χ3v) is 8.42. The van der Waals surface area contributed by atoms with E-state index in [9.17, 15) is 8.42 Å². The lowest BCUT2D eigenvalue weighted by atomic mass is 10.0. The van der Waals surface area contributed by atoms with Crippen molar-refractivity contribution in [3.05, 3.63) is 78.5 Å². The molecule has 0 fully saturated rings. The fourth-order valence-corrected chi connectivity index (χ4v) is 6.57. The summed E-state index contributed by atoms with van der Waals surface area (Å²) in [6.07, 6.45) is 1.93. The zero-order valence-corrected chi connectivity index (χ0v) is 18.5. The predicted octanol–water partition coefficient (Wildman–Crippen LogP) is 5.02. The second-order valence-electron chi connectivity index (χ2n) is 7.44. The van der Waals surface area contributed by atoms with Gasteiger partial charge in [0.25, 0.3) is 10.0 Å². The van der Waals surface area contributed by atoms with E-state index in [0.29, 0.717) is 28.4 Å². The number of nitrogens with zero attached hydrogens (tertiary/aromatic N) is 3. The number of sulfonamides is 1. The van der Waals surface area contributed by atoms with Crippen LogP contribution in [0, 0.1) is 11.3 Å². The summed E-state index contributed by atoms with van der Waals surface area (Å²) in [4.78, 5) is 1.25. The molecule has 1 aliphatic heterocycles. The maximum atomic E-state index is 13.6. The molecule has 5 nitrogen and oxygen atoms in total. The zero-order chi connectivity index (χ0) is 21.6. The van der Waals surface area contributed by atoms with Crippen LogP contribution in [0.25, 0.3) is 22.0 Å². The number of nitriles is 1. The van der Waals surface area contributed by atoms with Gasteiger partial charge in [-0.05, 0) is 59.7 Å². The summed E-state index contributed by atoms with van der Waals surface area (Å²) in [5.74, 6) is 0.704. The average molecular weight is 446 g/mol. The van der Waals surface area contributed by atoms with Gasteiger partial charge in [-0.2, -0.15) is 5.26 Å². The minimum atomic E-state index is -3.70. The predicted molar refractivity (Wildman–Crippen MR) is 125 cm³/mol. The van der Waals surface area contributed by atoms with Crippen molar-refractivity contribution in [3.8, 4) is 17.2 Å². The molecule has 4 aromatic rings. The first-order chi connectivity index (χ1) is 15.0. The summed E-state index contributed by atoms with van der Waals surface area (Å²) in [5.41, 5.74) is 4.16. The summed E-state index contributed by atoms with van der Waals surface area (Å²) in [6, 6.07) is 22.6. The minimum Gasteiger partial charge on any atom is -0.351 e. The topological polar surface area (TPSA) is 66.1 Å². The van der Waals surface area contributed by atoms with E-state index >= 15 is 0 Å². The van der Waals surface area contributed by atoms with Gasteiger partial charge in [0, 0.05) is 41.3 Å². The van der Waals surface area contributed by atoms with Crippen LogP contribution in [-0.4, -0.2) is 25.3 Å². The number of aromatic nitrogens is 1. The normalized spacial score (nSPS) is 13.7. The Morgan fingerprint density at radius 2 is 1.74 bits per heavy atom. The molecule has 0 unspecified atom stereocenters. The highest BCUT2D eigenvalue weighted by Gasteiger charge is 2.30. The molecule has 1 aliphatic rings. The average Bonchev–Trinajstić information content (AvgIpc) is 3.18. The van der Waals surface area contributed by atoms with Crippen LogP contribution < -0.4 is 4.31 Å². The van der Waals surface area contributed by atoms with Gasteiger partial charge in [0.1, 0.15) is 0 Å². The number of hydrogen-bond donors (Lipinski definition) is 0. The Kier molecular flexibility index (Phi) is 4.77. The van der Waals surface area contributed by atoms with Crippen LogP contribution in [0.4, 0.5) is 5.69 Å². The lowest BCUT2D eigenvalue weighted by Gasteiger charge is -2.30. The molecule has 0 N–H and O–H groups in total. The first-order valence-corrected chi connectivity index (χ1v) is 12.3. The maximum absolute atomic E-state index is 13.6. The second-order valence-corrected chi connectivity index (χ2v) is 10.4. The van der Waals surface area contributed by atoms with E-state index in [1.54, 1.807) is 36.0 Å².